The van der Waals surface area contributed by atoms with Gasteiger partial charge in [0.25, 0.3) is 6.43 Å². The molecule has 1 saturated heterocycles. The zero-order chi connectivity index (χ0) is 23.4. The Hall–Kier alpha value is -2.10. The van der Waals surface area contributed by atoms with Gasteiger partial charge in [-0.05, 0) is 55.7 Å². The standard InChI is InChI=1S/C24H31F2N3O3S/c1-33(30,31)28-21-12-14-29(23-15-19(24(25)26)11-13-27-23)22(21)16-32-20-9-7-18(8-10-20)17-5-3-2-4-6-17/h2-6,11,13,15,18,20-22,24,28H,7-10,12,14,16H2,1H3/t18-,20+,21-,22-/m0/s1. The van der Waals surface area contributed by atoms with Crippen LogP contribution < -0.4 is 9.62 Å². The van der Waals surface area contributed by atoms with Crippen molar-refractivity contribution in [3.63, 3.8) is 0 Å². The largest absolute Gasteiger partial charge is 0.376 e. The molecule has 1 aromatic heterocycles. The Balaban J connectivity index is 1.42. The first kappa shape index (κ1) is 24.0. The third kappa shape index (κ3) is 6.28. The maximum Gasteiger partial charge on any atom is 0.264 e. The van der Waals surface area contributed by atoms with Crippen molar-refractivity contribution in [2.75, 3.05) is 24.3 Å². The molecule has 2 aromatic rings. The van der Waals surface area contributed by atoms with E-state index < -0.39 is 16.4 Å². The third-order valence-electron chi connectivity index (χ3n) is 6.67. The second kappa shape index (κ2) is 10.4. The minimum absolute atomic E-state index is 0.0987. The van der Waals surface area contributed by atoms with E-state index in [1.54, 1.807) is 0 Å². The van der Waals surface area contributed by atoms with Gasteiger partial charge < -0.3 is 9.64 Å². The van der Waals surface area contributed by atoms with Gasteiger partial charge in [-0.2, -0.15) is 0 Å². The fraction of sp³-hybridized carbons (Fsp3) is 0.542. The lowest BCUT2D eigenvalue weighted by molar-refractivity contribution is 0.0156. The lowest BCUT2D eigenvalue weighted by atomic mass is 9.83. The molecular weight excluding hydrogens is 448 g/mol. The highest BCUT2D eigenvalue weighted by molar-refractivity contribution is 7.88. The van der Waals surface area contributed by atoms with Crippen LogP contribution in [0.4, 0.5) is 14.6 Å². The molecule has 0 unspecified atom stereocenters. The van der Waals surface area contributed by atoms with Gasteiger partial charge in [0.2, 0.25) is 10.0 Å². The SMILES string of the molecule is CS(=O)(=O)N[C@H]1CCN(c2cc(C(F)F)ccn2)[C@H]1CO[C@H]1CC[C@@H](c2ccccc2)CC1. The molecule has 1 aliphatic carbocycles. The number of halogens is 2. The van der Waals surface area contributed by atoms with Crippen LogP contribution in [-0.2, 0) is 14.8 Å². The van der Waals surface area contributed by atoms with Crippen LogP contribution in [0.1, 0.15) is 55.6 Å². The number of benzene rings is 1. The van der Waals surface area contributed by atoms with Gasteiger partial charge in [-0.25, -0.2) is 26.9 Å². The van der Waals surface area contributed by atoms with E-state index in [0.717, 1.165) is 31.9 Å². The van der Waals surface area contributed by atoms with Crippen molar-refractivity contribution in [2.24, 2.45) is 0 Å². The Morgan fingerprint density at radius 1 is 1.12 bits per heavy atom. The third-order valence-corrected chi connectivity index (χ3v) is 7.41. The van der Waals surface area contributed by atoms with Crippen molar-refractivity contribution in [1.29, 1.82) is 0 Å². The molecule has 6 nitrogen and oxygen atoms in total. The molecule has 2 fully saturated rings. The zero-order valence-electron chi connectivity index (χ0n) is 18.7. The van der Waals surface area contributed by atoms with E-state index in [2.05, 4.69) is 34.0 Å². The predicted molar refractivity (Wildman–Crippen MR) is 124 cm³/mol. The van der Waals surface area contributed by atoms with Crippen LogP contribution in [-0.4, -0.2) is 51.0 Å². The Morgan fingerprint density at radius 3 is 2.52 bits per heavy atom. The Bertz CT molecular complexity index is 1010. The summed E-state index contributed by atoms with van der Waals surface area (Å²) in [7, 11) is -3.42. The van der Waals surface area contributed by atoms with Crippen molar-refractivity contribution in [2.45, 2.75) is 62.6 Å². The van der Waals surface area contributed by atoms with Crippen LogP contribution in [0.25, 0.3) is 0 Å². The zero-order valence-corrected chi connectivity index (χ0v) is 19.6. The number of nitrogens with one attached hydrogen (secondary N) is 1. The highest BCUT2D eigenvalue weighted by atomic mass is 32.2. The molecule has 1 saturated carbocycles. The molecule has 0 radical (unpaired) electrons. The minimum atomic E-state index is -3.42. The second-order valence-corrected chi connectivity index (χ2v) is 10.8. The number of hydrogen-bond acceptors (Lipinski definition) is 5. The summed E-state index contributed by atoms with van der Waals surface area (Å²) in [5.74, 6) is 0.960. The minimum Gasteiger partial charge on any atom is -0.376 e. The van der Waals surface area contributed by atoms with Crippen LogP contribution in [0.15, 0.2) is 48.7 Å². The molecule has 1 aromatic carbocycles. The summed E-state index contributed by atoms with van der Waals surface area (Å²) in [6.07, 6.45) is 4.55. The summed E-state index contributed by atoms with van der Waals surface area (Å²) in [4.78, 5) is 6.18. The monoisotopic (exact) mass is 479 g/mol. The van der Waals surface area contributed by atoms with Gasteiger partial charge >= 0.3 is 0 Å². The summed E-state index contributed by atoms with van der Waals surface area (Å²) in [6, 6.07) is 12.5. The van der Waals surface area contributed by atoms with Crippen molar-refractivity contribution < 1.29 is 21.9 Å². The molecule has 180 valence electrons. The van der Waals surface area contributed by atoms with Crippen molar-refractivity contribution in [3.05, 3.63) is 59.8 Å². The van der Waals surface area contributed by atoms with Crippen molar-refractivity contribution >= 4 is 15.8 Å². The van der Waals surface area contributed by atoms with Crippen molar-refractivity contribution in [1.82, 2.24) is 9.71 Å². The maximum absolute atomic E-state index is 13.2. The van der Waals surface area contributed by atoms with Gasteiger partial charge in [-0.1, -0.05) is 30.3 Å². The van der Waals surface area contributed by atoms with E-state index >= 15 is 0 Å². The quantitative estimate of drug-likeness (QED) is 0.613. The highest BCUT2D eigenvalue weighted by Gasteiger charge is 2.37. The van der Waals surface area contributed by atoms with Gasteiger partial charge in [0.15, 0.2) is 0 Å². The molecule has 2 aliphatic rings. The lowest BCUT2D eigenvalue weighted by Gasteiger charge is -2.33. The first-order chi connectivity index (χ1) is 15.8. The van der Waals surface area contributed by atoms with Gasteiger partial charge in [-0.3, -0.25) is 0 Å². The molecule has 0 bridgehead atoms. The van der Waals surface area contributed by atoms with E-state index in [1.165, 1.54) is 23.9 Å². The van der Waals surface area contributed by atoms with E-state index in [4.69, 9.17) is 4.74 Å². The summed E-state index contributed by atoms with van der Waals surface area (Å²) in [6.45, 7) is 0.829. The van der Waals surface area contributed by atoms with Crippen LogP contribution in [0.3, 0.4) is 0 Å². The topological polar surface area (TPSA) is 71.5 Å². The van der Waals surface area contributed by atoms with E-state index in [1.807, 2.05) is 11.0 Å². The fourth-order valence-electron chi connectivity index (χ4n) is 5.01. The molecule has 1 N–H and O–H groups in total. The maximum atomic E-state index is 13.2. The number of rotatable bonds is 8. The molecule has 0 spiro atoms. The number of pyridine rings is 1. The number of ether oxygens (including phenoxy) is 1. The molecule has 33 heavy (non-hydrogen) atoms. The van der Waals surface area contributed by atoms with Gasteiger partial charge in [0.05, 0.1) is 25.0 Å². The molecule has 2 atom stereocenters. The predicted octanol–water partition coefficient (Wildman–Crippen LogP) is 4.26. The Kier molecular flexibility index (Phi) is 7.61. The summed E-state index contributed by atoms with van der Waals surface area (Å²) in [5, 5.41) is 0. The molecule has 0 amide bonds. The van der Waals surface area contributed by atoms with E-state index in [9.17, 15) is 17.2 Å². The number of alkyl halides is 2. The Morgan fingerprint density at radius 2 is 1.85 bits per heavy atom. The molecule has 4 rings (SSSR count). The van der Waals surface area contributed by atoms with Crippen LogP contribution in [0, 0.1) is 0 Å². The number of anilines is 1. The lowest BCUT2D eigenvalue weighted by Crippen LogP contribution is -2.48. The summed E-state index contributed by atoms with van der Waals surface area (Å²) >= 11 is 0. The first-order valence-corrected chi connectivity index (χ1v) is 13.3. The fourth-order valence-corrected chi connectivity index (χ4v) is 5.83. The average molecular weight is 480 g/mol. The van der Waals surface area contributed by atoms with Gasteiger partial charge in [0, 0.05) is 24.3 Å². The number of hydrogen-bond donors (Lipinski definition) is 1. The van der Waals surface area contributed by atoms with Gasteiger partial charge in [-0.15, -0.1) is 0 Å². The molecule has 1 aliphatic heterocycles. The number of aromatic nitrogens is 1. The summed E-state index contributed by atoms with van der Waals surface area (Å²) in [5.41, 5.74) is 1.26. The molecule has 2 heterocycles. The Labute approximate surface area is 194 Å². The first-order valence-electron chi connectivity index (χ1n) is 11.4. The average Bonchev–Trinajstić information content (AvgIpc) is 3.19. The van der Waals surface area contributed by atoms with E-state index in [0.29, 0.717) is 31.3 Å². The van der Waals surface area contributed by atoms with Crippen molar-refractivity contribution in [3.8, 4) is 0 Å². The number of nitrogens with zero attached hydrogens (tertiary/aromatic N) is 2. The molecular formula is C24H31F2N3O3S. The van der Waals surface area contributed by atoms with Gasteiger partial charge in [0.1, 0.15) is 5.82 Å². The van der Waals surface area contributed by atoms with Crippen LogP contribution in [0.5, 0.6) is 0 Å². The smallest absolute Gasteiger partial charge is 0.264 e. The molecule has 9 heteroatoms. The van der Waals surface area contributed by atoms with E-state index in [-0.39, 0.29) is 23.8 Å². The highest BCUT2D eigenvalue weighted by Crippen LogP contribution is 2.35. The number of sulfonamides is 1. The second-order valence-electron chi connectivity index (χ2n) is 9.01. The van der Waals surface area contributed by atoms with Crippen LogP contribution >= 0.6 is 0 Å². The normalized spacial score (nSPS) is 26.1. The summed E-state index contributed by atoms with van der Waals surface area (Å²) < 4.78 is 59.2. The van der Waals surface area contributed by atoms with Crippen LogP contribution in [0.2, 0.25) is 0 Å².